The lowest BCUT2D eigenvalue weighted by Gasteiger charge is -2.07. The number of aryl methyl sites for hydroxylation is 1. The number of aromatic amines is 1. The standard InChI is InChI=1S/C14H9BrClFN2S/c1-7-4-13-12(6-11(7)17)18-14(20)19(13)8-2-3-9(15)10(16)5-8/h2-6H,1H3,(H,18,20). The fraction of sp³-hybridized carbons (Fsp3) is 0.0714. The van der Waals surface area contributed by atoms with Gasteiger partial charge < -0.3 is 4.98 Å². The first-order chi connectivity index (χ1) is 9.47. The molecule has 0 spiro atoms. The molecule has 2 nitrogen and oxygen atoms in total. The monoisotopic (exact) mass is 370 g/mol. The lowest BCUT2D eigenvalue weighted by Crippen LogP contribution is -1.94. The maximum Gasteiger partial charge on any atom is 0.182 e. The Morgan fingerprint density at radius 3 is 2.75 bits per heavy atom. The van der Waals surface area contributed by atoms with E-state index >= 15 is 0 Å². The maximum atomic E-state index is 13.6. The number of nitrogens with one attached hydrogen (secondary N) is 1. The molecule has 0 saturated carbocycles. The van der Waals surface area contributed by atoms with Gasteiger partial charge in [0.2, 0.25) is 0 Å². The predicted molar refractivity (Wildman–Crippen MR) is 85.9 cm³/mol. The van der Waals surface area contributed by atoms with Gasteiger partial charge in [-0.15, -0.1) is 0 Å². The van der Waals surface area contributed by atoms with Gasteiger partial charge >= 0.3 is 0 Å². The van der Waals surface area contributed by atoms with E-state index in [1.165, 1.54) is 6.07 Å². The summed E-state index contributed by atoms with van der Waals surface area (Å²) in [6.07, 6.45) is 0. The van der Waals surface area contributed by atoms with Crippen molar-refractivity contribution < 1.29 is 4.39 Å². The topological polar surface area (TPSA) is 20.7 Å². The maximum absolute atomic E-state index is 13.6. The average molecular weight is 372 g/mol. The molecule has 0 aliphatic carbocycles. The van der Waals surface area contributed by atoms with Gasteiger partial charge in [-0.05, 0) is 71.0 Å². The first-order valence-electron chi connectivity index (χ1n) is 5.83. The summed E-state index contributed by atoms with van der Waals surface area (Å²) in [6, 6.07) is 8.80. The molecule has 0 radical (unpaired) electrons. The summed E-state index contributed by atoms with van der Waals surface area (Å²) < 4.78 is 16.8. The van der Waals surface area contributed by atoms with Crippen LogP contribution in [0.3, 0.4) is 0 Å². The molecular weight excluding hydrogens is 363 g/mol. The third kappa shape index (κ3) is 2.20. The summed E-state index contributed by atoms with van der Waals surface area (Å²) in [6.45, 7) is 1.73. The Labute approximate surface area is 133 Å². The van der Waals surface area contributed by atoms with Crippen LogP contribution < -0.4 is 0 Å². The number of imidazole rings is 1. The molecule has 102 valence electrons. The highest BCUT2D eigenvalue weighted by Gasteiger charge is 2.10. The van der Waals surface area contributed by atoms with Crippen LogP contribution in [-0.2, 0) is 0 Å². The Bertz CT molecular complexity index is 885. The van der Waals surface area contributed by atoms with E-state index < -0.39 is 0 Å². The van der Waals surface area contributed by atoms with Crippen molar-refractivity contribution >= 4 is 50.8 Å². The minimum absolute atomic E-state index is 0.255. The number of fused-ring (bicyclic) bond motifs is 1. The van der Waals surface area contributed by atoms with E-state index in [2.05, 4.69) is 20.9 Å². The Hall–Kier alpha value is -1.17. The molecule has 0 aliphatic rings. The number of nitrogens with zero attached hydrogens (tertiary/aromatic N) is 1. The highest BCUT2D eigenvalue weighted by atomic mass is 79.9. The zero-order valence-corrected chi connectivity index (χ0v) is 13.5. The van der Waals surface area contributed by atoms with Crippen molar-refractivity contribution in [3.05, 3.63) is 56.0 Å². The second kappa shape index (κ2) is 4.98. The SMILES string of the molecule is Cc1cc2c(cc1F)[nH]c(=S)n2-c1ccc(Br)c(Cl)c1. The molecule has 0 atom stereocenters. The first-order valence-corrected chi connectivity index (χ1v) is 7.41. The number of benzene rings is 2. The zero-order chi connectivity index (χ0) is 14.4. The van der Waals surface area contributed by atoms with Gasteiger partial charge in [0.05, 0.1) is 16.1 Å². The van der Waals surface area contributed by atoms with Crippen molar-refractivity contribution in [2.24, 2.45) is 0 Å². The zero-order valence-electron chi connectivity index (χ0n) is 10.4. The molecule has 0 amide bonds. The third-order valence-electron chi connectivity index (χ3n) is 3.12. The van der Waals surface area contributed by atoms with Crippen molar-refractivity contribution in [2.75, 3.05) is 0 Å². The van der Waals surface area contributed by atoms with Crippen molar-refractivity contribution in [3.63, 3.8) is 0 Å². The molecule has 2 aromatic carbocycles. The Balaban J connectivity index is 2.35. The number of halogens is 3. The highest BCUT2D eigenvalue weighted by Crippen LogP contribution is 2.28. The third-order valence-corrected chi connectivity index (χ3v) is 4.64. The molecule has 6 heteroatoms. The van der Waals surface area contributed by atoms with Gasteiger partial charge in [-0.25, -0.2) is 4.39 Å². The second-order valence-electron chi connectivity index (χ2n) is 4.48. The fourth-order valence-electron chi connectivity index (χ4n) is 2.11. The van der Waals surface area contributed by atoms with Crippen LogP contribution in [-0.4, -0.2) is 9.55 Å². The van der Waals surface area contributed by atoms with Crippen LogP contribution in [0, 0.1) is 17.5 Å². The molecule has 1 heterocycles. The van der Waals surface area contributed by atoms with Crippen molar-refractivity contribution in [1.82, 2.24) is 9.55 Å². The van der Waals surface area contributed by atoms with Gasteiger partial charge in [-0.2, -0.15) is 0 Å². The molecule has 0 bridgehead atoms. The summed E-state index contributed by atoms with van der Waals surface area (Å²) in [5.41, 5.74) is 2.90. The van der Waals surface area contributed by atoms with Gasteiger partial charge in [0.25, 0.3) is 0 Å². The van der Waals surface area contributed by atoms with Crippen LogP contribution >= 0.6 is 39.7 Å². The summed E-state index contributed by atoms with van der Waals surface area (Å²) >= 11 is 14.8. The number of aromatic nitrogens is 2. The van der Waals surface area contributed by atoms with Crippen LogP contribution in [0.4, 0.5) is 4.39 Å². The Morgan fingerprint density at radius 2 is 2.05 bits per heavy atom. The van der Waals surface area contributed by atoms with Crippen molar-refractivity contribution in [1.29, 1.82) is 0 Å². The lowest BCUT2D eigenvalue weighted by molar-refractivity contribution is 0.620. The minimum atomic E-state index is -0.255. The molecule has 1 N–H and O–H groups in total. The van der Waals surface area contributed by atoms with Gasteiger partial charge in [0, 0.05) is 10.2 Å². The number of hydrogen-bond acceptors (Lipinski definition) is 1. The molecule has 0 fully saturated rings. The lowest BCUT2D eigenvalue weighted by atomic mass is 10.2. The number of hydrogen-bond donors (Lipinski definition) is 1. The van der Waals surface area contributed by atoms with Crippen LogP contribution in [0.15, 0.2) is 34.8 Å². The van der Waals surface area contributed by atoms with Gasteiger partial charge in [-0.3, -0.25) is 4.57 Å². The molecule has 1 aromatic heterocycles. The molecular formula is C14H9BrClFN2S. The van der Waals surface area contributed by atoms with Crippen LogP contribution in [0.25, 0.3) is 16.7 Å². The van der Waals surface area contributed by atoms with E-state index in [0.29, 0.717) is 20.9 Å². The van der Waals surface area contributed by atoms with Gasteiger partial charge in [0.15, 0.2) is 4.77 Å². The van der Waals surface area contributed by atoms with Gasteiger partial charge in [0.1, 0.15) is 5.82 Å². The smallest absolute Gasteiger partial charge is 0.182 e. The molecule has 0 unspecified atom stereocenters. The van der Waals surface area contributed by atoms with Crippen molar-refractivity contribution in [3.8, 4) is 5.69 Å². The molecule has 3 rings (SSSR count). The summed E-state index contributed by atoms with van der Waals surface area (Å²) in [7, 11) is 0. The Kier molecular flexibility index (Phi) is 3.44. The van der Waals surface area contributed by atoms with E-state index in [-0.39, 0.29) is 5.82 Å². The van der Waals surface area contributed by atoms with Crippen LogP contribution in [0.1, 0.15) is 5.56 Å². The van der Waals surface area contributed by atoms with E-state index in [9.17, 15) is 4.39 Å². The summed E-state index contributed by atoms with van der Waals surface area (Å²) in [4.78, 5) is 3.01. The minimum Gasteiger partial charge on any atom is -0.330 e. The molecule has 0 aliphatic heterocycles. The highest BCUT2D eigenvalue weighted by molar-refractivity contribution is 9.10. The number of rotatable bonds is 1. The quantitative estimate of drug-likeness (QED) is 0.556. The van der Waals surface area contributed by atoms with E-state index in [1.54, 1.807) is 13.0 Å². The van der Waals surface area contributed by atoms with Gasteiger partial charge in [-0.1, -0.05) is 11.6 Å². The van der Waals surface area contributed by atoms with E-state index in [4.69, 9.17) is 23.8 Å². The Morgan fingerprint density at radius 1 is 1.30 bits per heavy atom. The largest absolute Gasteiger partial charge is 0.330 e. The molecule has 3 aromatic rings. The summed E-state index contributed by atoms with van der Waals surface area (Å²) in [5, 5.41) is 0.595. The number of H-pyrrole nitrogens is 1. The molecule has 20 heavy (non-hydrogen) atoms. The summed E-state index contributed by atoms with van der Waals surface area (Å²) in [5.74, 6) is -0.255. The average Bonchev–Trinajstić information content (AvgIpc) is 2.69. The fourth-order valence-corrected chi connectivity index (χ4v) is 2.85. The molecule has 0 saturated heterocycles. The van der Waals surface area contributed by atoms with Crippen LogP contribution in [0.2, 0.25) is 5.02 Å². The van der Waals surface area contributed by atoms with Crippen LogP contribution in [0.5, 0.6) is 0 Å². The van der Waals surface area contributed by atoms with Crippen molar-refractivity contribution in [2.45, 2.75) is 6.92 Å². The van der Waals surface area contributed by atoms with E-state index in [1.807, 2.05) is 22.8 Å². The normalized spacial score (nSPS) is 11.2. The predicted octanol–water partition coefficient (Wildman–Crippen LogP) is 5.55. The first kappa shape index (κ1) is 13.8. The second-order valence-corrected chi connectivity index (χ2v) is 6.13. The van der Waals surface area contributed by atoms with E-state index in [0.717, 1.165) is 15.7 Å².